The van der Waals surface area contributed by atoms with E-state index in [0.717, 1.165) is 43.8 Å². The molecule has 1 aromatic carbocycles. The number of pyridine rings is 1. The average molecular weight is 375 g/mol. The van der Waals surface area contributed by atoms with Crippen molar-refractivity contribution < 1.29 is 13.2 Å². The van der Waals surface area contributed by atoms with Crippen molar-refractivity contribution in [1.29, 1.82) is 0 Å². The van der Waals surface area contributed by atoms with Crippen LogP contribution in [0.2, 0.25) is 0 Å². The molecule has 1 fully saturated rings. The van der Waals surface area contributed by atoms with Crippen LogP contribution < -0.4 is 4.74 Å². The minimum absolute atomic E-state index is 0.0862. The van der Waals surface area contributed by atoms with E-state index in [1.54, 1.807) is 19.4 Å². The summed E-state index contributed by atoms with van der Waals surface area (Å²) in [6, 6.07) is 11.8. The SMILES string of the molecule is CN(C1CCN(Cc2ccccc2Oc2cccnc2)CC1)S(C)(=O)=O. The van der Waals surface area contributed by atoms with Crippen LogP contribution in [-0.4, -0.2) is 55.0 Å². The Morgan fingerprint density at radius 1 is 1.19 bits per heavy atom. The zero-order valence-electron chi connectivity index (χ0n) is 15.2. The zero-order valence-corrected chi connectivity index (χ0v) is 16.0. The number of ether oxygens (including phenoxy) is 1. The summed E-state index contributed by atoms with van der Waals surface area (Å²) in [4.78, 5) is 6.43. The maximum Gasteiger partial charge on any atom is 0.211 e. The van der Waals surface area contributed by atoms with Gasteiger partial charge in [0, 0.05) is 44.5 Å². The van der Waals surface area contributed by atoms with Gasteiger partial charge >= 0.3 is 0 Å². The lowest BCUT2D eigenvalue weighted by atomic mass is 10.0. The van der Waals surface area contributed by atoms with Crippen molar-refractivity contribution >= 4 is 10.0 Å². The van der Waals surface area contributed by atoms with E-state index in [1.807, 2.05) is 30.3 Å². The predicted molar refractivity (Wildman–Crippen MR) is 102 cm³/mol. The third-order valence-corrected chi connectivity index (χ3v) is 6.17. The largest absolute Gasteiger partial charge is 0.455 e. The van der Waals surface area contributed by atoms with Crippen molar-refractivity contribution in [3.63, 3.8) is 0 Å². The molecule has 140 valence electrons. The molecule has 2 heterocycles. The molecule has 3 rings (SSSR count). The number of hydrogen-bond donors (Lipinski definition) is 0. The Bertz CT molecular complexity index is 819. The van der Waals surface area contributed by atoms with Crippen molar-refractivity contribution in [2.24, 2.45) is 0 Å². The standard InChI is InChI=1S/C19H25N3O3S/c1-21(26(2,23)24)17-9-12-22(13-10-17)15-16-6-3-4-8-19(16)25-18-7-5-11-20-14-18/h3-8,11,14,17H,9-10,12-13,15H2,1-2H3. The Morgan fingerprint density at radius 2 is 1.92 bits per heavy atom. The first-order chi connectivity index (χ1) is 12.4. The Morgan fingerprint density at radius 3 is 2.58 bits per heavy atom. The Balaban J connectivity index is 1.62. The smallest absolute Gasteiger partial charge is 0.211 e. The Labute approximate surface area is 155 Å². The van der Waals surface area contributed by atoms with Crippen molar-refractivity contribution in [3.8, 4) is 11.5 Å². The molecule has 1 saturated heterocycles. The molecule has 7 heteroatoms. The average Bonchev–Trinajstić information content (AvgIpc) is 2.63. The highest BCUT2D eigenvalue weighted by atomic mass is 32.2. The monoisotopic (exact) mass is 375 g/mol. The van der Waals surface area contributed by atoms with Gasteiger partial charge in [-0.2, -0.15) is 0 Å². The molecular weight excluding hydrogens is 350 g/mol. The summed E-state index contributed by atoms with van der Waals surface area (Å²) >= 11 is 0. The molecule has 0 radical (unpaired) electrons. The molecule has 0 aliphatic carbocycles. The van der Waals surface area contributed by atoms with Gasteiger partial charge in [-0.3, -0.25) is 9.88 Å². The van der Waals surface area contributed by atoms with Crippen LogP contribution in [0.3, 0.4) is 0 Å². The lowest BCUT2D eigenvalue weighted by Gasteiger charge is -2.35. The van der Waals surface area contributed by atoms with E-state index < -0.39 is 10.0 Å². The van der Waals surface area contributed by atoms with Gasteiger partial charge in [-0.05, 0) is 31.0 Å². The van der Waals surface area contributed by atoms with E-state index in [-0.39, 0.29) is 6.04 Å². The highest BCUT2D eigenvalue weighted by molar-refractivity contribution is 7.88. The molecular formula is C19H25N3O3S. The maximum absolute atomic E-state index is 11.7. The summed E-state index contributed by atoms with van der Waals surface area (Å²) in [5.41, 5.74) is 1.12. The number of rotatable bonds is 6. The Hall–Kier alpha value is -1.96. The van der Waals surface area contributed by atoms with Gasteiger partial charge in [0.05, 0.1) is 12.5 Å². The first kappa shape index (κ1) is 18.8. The second-order valence-corrected chi connectivity index (χ2v) is 8.73. The van der Waals surface area contributed by atoms with Crippen LogP contribution in [0.4, 0.5) is 0 Å². The van der Waals surface area contributed by atoms with Gasteiger partial charge in [0.1, 0.15) is 11.5 Å². The first-order valence-electron chi connectivity index (χ1n) is 8.74. The van der Waals surface area contributed by atoms with Crippen LogP contribution in [0.1, 0.15) is 18.4 Å². The molecule has 1 aliphatic rings. The fraction of sp³-hybridized carbons (Fsp3) is 0.421. The number of sulfonamides is 1. The van der Waals surface area contributed by atoms with Crippen molar-refractivity contribution in [2.45, 2.75) is 25.4 Å². The number of benzene rings is 1. The molecule has 6 nitrogen and oxygen atoms in total. The first-order valence-corrected chi connectivity index (χ1v) is 10.6. The summed E-state index contributed by atoms with van der Waals surface area (Å²) in [6.07, 6.45) is 6.37. The molecule has 1 aromatic heterocycles. The topological polar surface area (TPSA) is 62.7 Å². The van der Waals surface area contributed by atoms with Crippen LogP contribution in [-0.2, 0) is 16.6 Å². The molecule has 0 bridgehead atoms. The summed E-state index contributed by atoms with van der Waals surface area (Å²) in [5, 5.41) is 0. The molecule has 0 saturated carbocycles. The predicted octanol–water partition coefficient (Wildman–Crippen LogP) is 2.73. The molecule has 26 heavy (non-hydrogen) atoms. The summed E-state index contributed by atoms with van der Waals surface area (Å²) in [6.45, 7) is 2.52. The van der Waals surface area contributed by atoms with Gasteiger partial charge in [-0.1, -0.05) is 18.2 Å². The number of nitrogens with zero attached hydrogens (tertiary/aromatic N) is 3. The Kier molecular flexibility index (Phi) is 5.90. The van der Waals surface area contributed by atoms with Gasteiger partial charge in [-0.15, -0.1) is 0 Å². The summed E-state index contributed by atoms with van der Waals surface area (Å²) in [5.74, 6) is 1.55. The zero-order chi connectivity index (χ0) is 18.6. The fourth-order valence-electron chi connectivity index (χ4n) is 3.22. The number of para-hydroxylation sites is 1. The van der Waals surface area contributed by atoms with Crippen LogP contribution in [0.5, 0.6) is 11.5 Å². The van der Waals surface area contributed by atoms with Gasteiger partial charge in [0.25, 0.3) is 0 Å². The number of hydrogen-bond acceptors (Lipinski definition) is 5. The molecule has 2 aromatic rings. The van der Waals surface area contributed by atoms with E-state index in [0.29, 0.717) is 5.75 Å². The lowest BCUT2D eigenvalue weighted by Crippen LogP contribution is -2.44. The highest BCUT2D eigenvalue weighted by Crippen LogP contribution is 2.27. The van der Waals surface area contributed by atoms with Crippen LogP contribution in [0.25, 0.3) is 0 Å². The molecule has 0 spiro atoms. The molecule has 0 N–H and O–H groups in total. The third-order valence-electron chi connectivity index (χ3n) is 4.82. The minimum atomic E-state index is -3.13. The van der Waals surface area contributed by atoms with E-state index >= 15 is 0 Å². The quantitative estimate of drug-likeness (QED) is 0.777. The fourth-order valence-corrected chi connectivity index (χ4v) is 3.97. The summed E-state index contributed by atoms with van der Waals surface area (Å²) in [7, 11) is -1.46. The maximum atomic E-state index is 11.7. The van der Waals surface area contributed by atoms with E-state index in [4.69, 9.17) is 4.74 Å². The van der Waals surface area contributed by atoms with E-state index in [9.17, 15) is 8.42 Å². The normalized spacial score (nSPS) is 16.7. The number of piperidine rings is 1. The van der Waals surface area contributed by atoms with E-state index in [1.165, 1.54) is 10.6 Å². The van der Waals surface area contributed by atoms with Crippen molar-refractivity contribution in [3.05, 3.63) is 54.4 Å². The van der Waals surface area contributed by atoms with Gasteiger partial charge in [0.2, 0.25) is 10.0 Å². The van der Waals surface area contributed by atoms with Gasteiger partial charge < -0.3 is 4.74 Å². The second kappa shape index (κ2) is 8.16. The van der Waals surface area contributed by atoms with Gasteiger partial charge in [-0.25, -0.2) is 12.7 Å². The van der Waals surface area contributed by atoms with Gasteiger partial charge in [0.15, 0.2) is 0 Å². The molecule has 0 unspecified atom stereocenters. The molecule has 1 aliphatic heterocycles. The minimum Gasteiger partial charge on any atom is -0.455 e. The number of aromatic nitrogens is 1. The lowest BCUT2D eigenvalue weighted by molar-refractivity contribution is 0.163. The summed E-state index contributed by atoms with van der Waals surface area (Å²) < 4.78 is 30.9. The van der Waals surface area contributed by atoms with Crippen molar-refractivity contribution in [1.82, 2.24) is 14.2 Å². The third kappa shape index (κ3) is 4.81. The highest BCUT2D eigenvalue weighted by Gasteiger charge is 2.27. The van der Waals surface area contributed by atoms with E-state index in [2.05, 4.69) is 16.0 Å². The van der Waals surface area contributed by atoms with Crippen LogP contribution in [0.15, 0.2) is 48.8 Å². The van der Waals surface area contributed by atoms with Crippen LogP contribution >= 0.6 is 0 Å². The second-order valence-electron chi connectivity index (χ2n) is 6.69. The number of likely N-dealkylation sites (tertiary alicyclic amines) is 1. The molecule has 0 atom stereocenters. The van der Waals surface area contributed by atoms with Crippen molar-refractivity contribution in [2.75, 3.05) is 26.4 Å². The van der Waals surface area contributed by atoms with Crippen LogP contribution in [0, 0.1) is 0 Å². The molecule has 0 amide bonds.